The molecule has 11 heteroatoms. The molecule has 0 spiro atoms. The minimum absolute atomic E-state index is 0.0298. The number of anilines is 4. The van der Waals surface area contributed by atoms with Crippen molar-refractivity contribution in [2.45, 2.75) is 19.3 Å². The first-order chi connectivity index (χ1) is 18.6. The Labute approximate surface area is 219 Å². The number of hydrogen-bond acceptors (Lipinski definition) is 10. The number of hydrogen-bond donors (Lipinski definition) is 3. The van der Waals surface area contributed by atoms with Gasteiger partial charge in [-0.2, -0.15) is 5.10 Å². The van der Waals surface area contributed by atoms with Crippen LogP contribution in [0.1, 0.15) is 29.6 Å². The molecule has 3 aromatic heterocycles. The van der Waals surface area contributed by atoms with E-state index < -0.39 is 0 Å². The van der Waals surface area contributed by atoms with Crippen LogP contribution in [0.3, 0.4) is 0 Å². The van der Waals surface area contributed by atoms with Crippen molar-refractivity contribution < 1.29 is 19.4 Å². The Morgan fingerprint density at radius 2 is 1.92 bits per heavy atom. The number of aromatic nitrogens is 5. The van der Waals surface area contributed by atoms with Gasteiger partial charge >= 0.3 is 0 Å². The smallest absolute Gasteiger partial charge is 0.184 e. The van der Waals surface area contributed by atoms with Gasteiger partial charge in [0.25, 0.3) is 0 Å². The first-order valence-electron chi connectivity index (χ1n) is 12.4. The number of para-hydroxylation sites is 1. The topological polar surface area (TPSA) is 136 Å². The maximum Gasteiger partial charge on any atom is 0.184 e. The second-order valence-corrected chi connectivity index (χ2v) is 8.94. The zero-order valence-electron chi connectivity index (χ0n) is 21.2. The Bertz CT molecular complexity index is 1420. The van der Waals surface area contributed by atoms with Crippen LogP contribution in [0, 0.1) is 5.92 Å². The second-order valence-electron chi connectivity index (χ2n) is 8.94. The second kappa shape index (κ2) is 11.3. The summed E-state index contributed by atoms with van der Waals surface area (Å²) in [5.74, 6) is 2.89. The van der Waals surface area contributed by atoms with Crippen molar-refractivity contribution in [3.63, 3.8) is 0 Å². The number of carbonyl (C=O) groups is 1. The van der Waals surface area contributed by atoms with Gasteiger partial charge in [0, 0.05) is 38.3 Å². The van der Waals surface area contributed by atoms with Crippen molar-refractivity contribution in [3.8, 4) is 22.9 Å². The van der Waals surface area contributed by atoms with Gasteiger partial charge in [0.2, 0.25) is 0 Å². The van der Waals surface area contributed by atoms with E-state index in [2.05, 4.69) is 30.7 Å². The lowest BCUT2D eigenvalue weighted by Gasteiger charge is -2.17. The number of aliphatic hydroxyl groups is 1. The van der Waals surface area contributed by atoms with Crippen LogP contribution < -0.4 is 20.1 Å². The van der Waals surface area contributed by atoms with Crippen molar-refractivity contribution >= 4 is 28.8 Å². The number of benzene rings is 1. The van der Waals surface area contributed by atoms with Crippen molar-refractivity contribution in [2.75, 3.05) is 31.0 Å². The molecule has 0 atom stereocenters. The summed E-state index contributed by atoms with van der Waals surface area (Å²) in [6.45, 7) is 0.490. The highest BCUT2D eigenvalue weighted by molar-refractivity contribution is 6.04. The quantitative estimate of drug-likeness (QED) is 0.187. The third kappa shape index (κ3) is 5.73. The van der Waals surface area contributed by atoms with Gasteiger partial charge in [-0.05, 0) is 37.1 Å². The summed E-state index contributed by atoms with van der Waals surface area (Å²) in [6, 6.07) is 11.0. The largest absolute Gasteiger partial charge is 0.494 e. The highest BCUT2D eigenvalue weighted by Gasteiger charge is 2.32. The molecule has 11 nitrogen and oxygen atoms in total. The Balaban J connectivity index is 1.43. The molecule has 0 radical (unpaired) electrons. The van der Waals surface area contributed by atoms with Gasteiger partial charge < -0.3 is 25.2 Å². The van der Waals surface area contributed by atoms with E-state index in [4.69, 9.17) is 14.6 Å². The average Bonchev–Trinajstić information content (AvgIpc) is 3.69. The number of Topliss-reactive ketones (excluding diaryl/α,β-unsaturated/α-hetero) is 1. The summed E-state index contributed by atoms with van der Waals surface area (Å²) in [5, 5.41) is 19.9. The third-order valence-electron chi connectivity index (χ3n) is 6.01. The molecule has 0 bridgehead atoms. The molecule has 0 unspecified atom stereocenters. The van der Waals surface area contributed by atoms with Crippen LogP contribution >= 0.6 is 0 Å². The van der Waals surface area contributed by atoms with Gasteiger partial charge in [-0.1, -0.05) is 6.07 Å². The maximum atomic E-state index is 13.1. The number of nitrogens with zero attached hydrogens (tertiary/aromatic N) is 5. The summed E-state index contributed by atoms with van der Waals surface area (Å²) >= 11 is 0. The van der Waals surface area contributed by atoms with E-state index in [-0.39, 0.29) is 18.3 Å². The molecule has 5 rings (SSSR count). The SMILES string of the molecule is COc1c(Nc2cc(Nc3ccc(OCCCO)cn3)ncc2C(=O)C2CC2)cccc1-c1ncn(C)n1. The number of ether oxygens (including phenoxy) is 2. The first-order valence-corrected chi connectivity index (χ1v) is 12.4. The van der Waals surface area contributed by atoms with E-state index in [9.17, 15) is 4.79 Å². The zero-order chi connectivity index (χ0) is 26.5. The van der Waals surface area contributed by atoms with E-state index in [1.165, 1.54) is 0 Å². The number of aryl methyl sites for hydroxylation is 1. The normalized spacial score (nSPS) is 12.7. The fraction of sp³-hybridized carbons (Fsp3) is 0.296. The average molecular weight is 516 g/mol. The van der Waals surface area contributed by atoms with E-state index in [1.807, 2.05) is 18.2 Å². The minimum atomic E-state index is 0.0298. The molecular weight excluding hydrogens is 486 g/mol. The highest BCUT2D eigenvalue weighted by atomic mass is 16.5. The van der Waals surface area contributed by atoms with Crippen LogP contribution in [-0.2, 0) is 7.05 Å². The lowest BCUT2D eigenvalue weighted by molar-refractivity contribution is 0.0968. The molecule has 0 amide bonds. The molecule has 3 heterocycles. The Hall–Kier alpha value is -4.51. The summed E-state index contributed by atoms with van der Waals surface area (Å²) in [7, 11) is 3.39. The van der Waals surface area contributed by atoms with Gasteiger partial charge in [-0.15, -0.1) is 0 Å². The van der Waals surface area contributed by atoms with Gasteiger partial charge in [0.15, 0.2) is 17.4 Å². The Morgan fingerprint density at radius 3 is 2.61 bits per heavy atom. The van der Waals surface area contributed by atoms with E-state index in [0.29, 0.717) is 58.9 Å². The van der Waals surface area contributed by atoms with Gasteiger partial charge in [0.05, 0.1) is 42.4 Å². The minimum Gasteiger partial charge on any atom is -0.494 e. The highest BCUT2D eigenvalue weighted by Crippen LogP contribution is 2.39. The lowest BCUT2D eigenvalue weighted by atomic mass is 10.1. The number of methoxy groups -OCH3 is 1. The van der Waals surface area contributed by atoms with Crippen LogP contribution in [0.25, 0.3) is 11.4 Å². The Kier molecular flexibility index (Phi) is 7.45. The molecule has 1 saturated carbocycles. The number of pyridine rings is 2. The van der Waals surface area contributed by atoms with E-state index in [1.54, 1.807) is 55.8 Å². The molecule has 1 fully saturated rings. The monoisotopic (exact) mass is 515 g/mol. The fourth-order valence-electron chi connectivity index (χ4n) is 3.95. The molecule has 38 heavy (non-hydrogen) atoms. The number of carbonyl (C=O) groups excluding carboxylic acids is 1. The van der Waals surface area contributed by atoms with Crippen LogP contribution in [0.15, 0.2) is 55.1 Å². The molecule has 0 saturated heterocycles. The molecular formula is C27H29N7O4. The van der Waals surface area contributed by atoms with Crippen LogP contribution in [-0.4, -0.2) is 55.9 Å². The summed E-state index contributed by atoms with van der Waals surface area (Å²) in [5.41, 5.74) is 2.52. The van der Waals surface area contributed by atoms with Crippen LogP contribution in [0.2, 0.25) is 0 Å². The van der Waals surface area contributed by atoms with E-state index in [0.717, 1.165) is 18.4 Å². The van der Waals surface area contributed by atoms with Gasteiger partial charge in [-0.3, -0.25) is 9.48 Å². The summed E-state index contributed by atoms with van der Waals surface area (Å²) in [6.07, 6.45) is 7.15. The molecule has 1 aromatic carbocycles. The number of nitrogens with one attached hydrogen (secondary N) is 2. The molecule has 0 aliphatic heterocycles. The predicted molar refractivity (Wildman–Crippen MR) is 142 cm³/mol. The van der Waals surface area contributed by atoms with Crippen molar-refractivity contribution in [2.24, 2.45) is 13.0 Å². The number of aliphatic hydroxyl groups excluding tert-OH is 1. The van der Waals surface area contributed by atoms with E-state index >= 15 is 0 Å². The first kappa shape index (κ1) is 25.2. The third-order valence-corrected chi connectivity index (χ3v) is 6.01. The zero-order valence-corrected chi connectivity index (χ0v) is 21.2. The molecule has 3 N–H and O–H groups in total. The van der Waals surface area contributed by atoms with Crippen molar-refractivity contribution in [1.29, 1.82) is 0 Å². The lowest BCUT2D eigenvalue weighted by Crippen LogP contribution is -2.09. The van der Waals surface area contributed by atoms with Gasteiger partial charge in [0.1, 0.15) is 23.7 Å². The fourth-order valence-corrected chi connectivity index (χ4v) is 3.95. The standard InChI is InChI=1S/C27H29N7O4/c1-34-16-30-27(33-34)19-5-3-6-21(26(19)37-2)31-22-13-24(29-15-20(22)25(36)17-7-8-17)32-23-10-9-18(14-28-23)38-12-4-11-35/h3,5-6,9-10,13-17,35H,4,7-8,11-12H2,1-2H3,(H2,28,29,31,32). The van der Waals surface area contributed by atoms with Crippen LogP contribution in [0.4, 0.5) is 23.0 Å². The summed E-state index contributed by atoms with van der Waals surface area (Å²) in [4.78, 5) is 26.3. The summed E-state index contributed by atoms with van der Waals surface area (Å²) < 4.78 is 12.9. The predicted octanol–water partition coefficient (Wildman–Crippen LogP) is 4.12. The van der Waals surface area contributed by atoms with Crippen molar-refractivity contribution in [3.05, 3.63) is 60.7 Å². The maximum absolute atomic E-state index is 13.1. The Morgan fingerprint density at radius 1 is 1.08 bits per heavy atom. The van der Waals surface area contributed by atoms with Crippen molar-refractivity contribution in [1.82, 2.24) is 24.7 Å². The molecule has 1 aliphatic rings. The molecule has 196 valence electrons. The van der Waals surface area contributed by atoms with Crippen LogP contribution in [0.5, 0.6) is 11.5 Å². The van der Waals surface area contributed by atoms with Gasteiger partial charge in [-0.25, -0.2) is 15.0 Å². The number of ketones is 1. The number of rotatable bonds is 12. The molecule has 1 aliphatic carbocycles. The molecule has 4 aromatic rings.